The molecule has 19 heavy (non-hydrogen) atoms. The van der Waals surface area contributed by atoms with Gasteiger partial charge in [0.25, 0.3) is 0 Å². The Morgan fingerprint density at radius 1 is 0.947 bits per heavy atom. The van der Waals surface area contributed by atoms with Crippen LogP contribution in [-0.2, 0) is 0 Å². The lowest BCUT2D eigenvalue weighted by atomic mass is 9.97. The van der Waals surface area contributed by atoms with Crippen LogP contribution in [0.15, 0.2) is 42.5 Å². The molecule has 0 saturated heterocycles. The lowest BCUT2D eigenvalue weighted by Crippen LogP contribution is -2.05. The van der Waals surface area contributed by atoms with Crippen LogP contribution in [0, 0.1) is 0 Å². The van der Waals surface area contributed by atoms with Gasteiger partial charge >= 0.3 is 0 Å². The Hall–Kier alpha value is -2.62. The summed E-state index contributed by atoms with van der Waals surface area (Å²) in [5.74, 6) is -1.74. The molecule has 0 spiro atoms. The summed E-state index contributed by atoms with van der Waals surface area (Å²) in [5.41, 5.74) is 0.0878. The summed E-state index contributed by atoms with van der Waals surface area (Å²) in [4.78, 5) is 23.6. The maximum absolute atomic E-state index is 12.2. The number of benzene rings is 2. The number of phenols is 2. The molecule has 0 unspecified atom stereocenters. The second-order valence-electron chi connectivity index (χ2n) is 4.11. The van der Waals surface area contributed by atoms with Crippen LogP contribution in [0.2, 0.25) is 0 Å². The van der Waals surface area contributed by atoms with Crippen LogP contribution < -0.4 is 0 Å². The topological polar surface area (TPSA) is 74.6 Å². The molecule has 0 heterocycles. The van der Waals surface area contributed by atoms with Crippen molar-refractivity contribution in [2.45, 2.75) is 6.92 Å². The molecule has 4 nitrogen and oxygen atoms in total. The highest BCUT2D eigenvalue weighted by atomic mass is 16.3. The molecular weight excluding hydrogens is 244 g/mol. The first-order valence-corrected chi connectivity index (χ1v) is 5.68. The molecule has 2 rings (SSSR count). The zero-order chi connectivity index (χ0) is 14.0. The van der Waals surface area contributed by atoms with Gasteiger partial charge in [0.1, 0.15) is 17.1 Å². The minimum atomic E-state index is -0.529. The third-order valence-corrected chi connectivity index (χ3v) is 2.80. The summed E-state index contributed by atoms with van der Waals surface area (Å²) in [6, 6.07) is 10.8. The second kappa shape index (κ2) is 4.94. The van der Waals surface area contributed by atoms with E-state index in [9.17, 15) is 19.8 Å². The number of rotatable bonds is 3. The zero-order valence-corrected chi connectivity index (χ0v) is 10.3. The molecule has 0 bridgehead atoms. The Kier molecular flexibility index (Phi) is 3.33. The molecule has 0 aliphatic rings. The van der Waals surface area contributed by atoms with Crippen molar-refractivity contribution < 1.29 is 19.8 Å². The van der Waals surface area contributed by atoms with Gasteiger partial charge in [-0.05, 0) is 19.1 Å². The number of ketones is 2. The van der Waals surface area contributed by atoms with Crippen LogP contribution in [0.25, 0.3) is 0 Å². The van der Waals surface area contributed by atoms with Crippen LogP contribution in [0.3, 0.4) is 0 Å². The van der Waals surface area contributed by atoms with E-state index in [2.05, 4.69) is 0 Å². The minimum absolute atomic E-state index is 0.0112. The van der Waals surface area contributed by atoms with Crippen molar-refractivity contribution in [2.24, 2.45) is 0 Å². The Morgan fingerprint density at radius 2 is 1.58 bits per heavy atom. The van der Waals surface area contributed by atoms with Crippen molar-refractivity contribution in [3.63, 3.8) is 0 Å². The van der Waals surface area contributed by atoms with Gasteiger partial charge in [0.2, 0.25) is 5.78 Å². The number of carbonyl (C=O) groups excluding carboxylic acids is 2. The van der Waals surface area contributed by atoms with E-state index < -0.39 is 11.5 Å². The van der Waals surface area contributed by atoms with Crippen LogP contribution in [0.5, 0.6) is 11.5 Å². The van der Waals surface area contributed by atoms with Gasteiger partial charge in [0.05, 0.1) is 5.56 Å². The lowest BCUT2D eigenvalue weighted by Gasteiger charge is -2.09. The quantitative estimate of drug-likeness (QED) is 0.827. The Bertz CT molecular complexity index is 645. The van der Waals surface area contributed by atoms with Crippen molar-refractivity contribution in [3.8, 4) is 11.5 Å². The maximum Gasteiger partial charge on any atom is 0.200 e. The van der Waals surface area contributed by atoms with Gasteiger partial charge in [-0.2, -0.15) is 0 Å². The van der Waals surface area contributed by atoms with E-state index in [4.69, 9.17) is 0 Å². The van der Waals surface area contributed by atoms with Gasteiger partial charge in [-0.25, -0.2) is 0 Å². The molecule has 0 saturated carbocycles. The molecular formula is C15H12O4. The Morgan fingerprint density at radius 3 is 2.16 bits per heavy atom. The fraction of sp³-hybridized carbons (Fsp3) is 0.0667. The lowest BCUT2D eigenvalue weighted by molar-refractivity contribution is 0.101. The van der Waals surface area contributed by atoms with Crippen LogP contribution >= 0.6 is 0 Å². The Labute approximate surface area is 109 Å². The van der Waals surface area contributed by atoms with E-state index in [0.717, 1.165) is 0 Å². The minimum Gasteiger partial charge on any atom is -0.507 e. The summed E-state index contributed by atoms with van der Waals surface area (Å²) in [5, 5.41) is 19.7. The molecule has 4 heteroatoms. The van der Waals surface area contributed by atoms with E-state index in [-0.39, 0.29) is 22.7 Å². The van der Waals surface area contributed by atoms with E-state index in [1.807, 2.05) is 0 Å². The van der Waals surface area contributed by atoms with Gasteiger partial charge in [-0.3, -0.25) is 9.59 Å². The van der Waals surface area contributed by atoms with Crippen LogP contribution in [0.4, 0.5) is 0 Å². The standard InChI is InChI=1S/C15H12O4/c1-9(16)11-7-8-12(17)13(15(11)19)14(18)10-5-3-2-4-6-10/h2-8,17,19H,1H3. The molecule has 0 fully saturated rings. The third-order valence-electron chi connectivity index (χ3n) is 2.80. The largest absolute Gasteiger partial charge is 0.507 e. The number of carbonyl (C=O) groups is 2. The molecule has 0 aromatic heterocycles. The van der Waals surface area contributed by atoms with E-state index in [0.29, 0.717) is 5.56 Å². The van der Waals surface area contributed by atoms with Gasteiger partial charge in [0.15, 0.2) is 5.78 Å². The van der Waals surface area contributed by atoms with Crippen molar-refractivity contribution >= 4 is 11.6 Å². The summed E-state index contributed by atoms with van der Waals surface area (Å²) >= 11 is 0. The van der Waals surface area contributed by atoms with Gasteiger partial charge in [0, 0.05) is 5.56 Å². The highest BCUT2D eigenvalue weighted by Gasteiger charge is 2.22. The van der Waals surface area contributed by atoms with Crippen LogP contribution in [-0.4, -0.2) is 21.8 Å². The average molecular weight is 256 g/mol. The monoisotopic (exact) mass is 256 g/mol. The van der Waals surface area contributed by atoms with E-state index in [1.54, 1.807) is 30.3 Å². The van der Waals surface area contributed by atoms with Gasteiger partial charge < -0.3 is 10.2 Å². The van der Waals surface area contributed by atoms with Crippen LogP contribution in [0.1, 0.15) is 33.2 Å². The fourth-order valence-corrected chi connectivity index (χ4v) is 1.82. The molecule has 0 aliphatic carbocycles. The molecule has 0 aliphatic heterocycles. The molecule has 0 amide bonds. The highest BCUT2D eigenvalue weighted by molar-refractivity contribution is 6.14. The number of Topliss-reactive ketones (excluding diaryl/α,β-unsaturated/α-hetero) is 1. The highest BCUT2D eigenvalue weighted by Crippen LogP contribution is 2.32. The van der Waals surface area contributed by atoms with Crippen molar-refractivity contribution in [2.75, 3.05) is 0 Å². The first-order valence-electron chi connectivity index (χ1n) is 5.68. The molecule has 2 aromatic carbocycles. The first kappa shape index (κ1) is 12.8. The molecule has 0 atom stereocenters. The van der Waals surface area contributed by atoms with E-state index >= 15 is 0 Å². The fourth-order valence-electron chi connectivity index (χ4n) is 1.82. The number of hydrogen-bond acceptors (Lipinski definition) is 4. The molecule has 2 aromatic rings. The predicted molar refractivity (Wildman–Crippen MR) is 69.7 cm³/mol. The first-order chi connectivity index (χ1) is 9.02. The normalized spacial score (nSPS) is 10.2. The van der Waals surface area contributed by atoms with E-state index in [1.165, 1.54) is 19.1 Å². The summed E-state index contributed by atoms with van der Waals surface area (Å²) in [6.07, 6.45) is 0. The molecule has 96 valence electrons. The number of hydrogen-bond donors (Lipinski definition) is 2. The predicted octanol–water partition coefficient (Wildman–Crippen LogP) is 2.53. The van der Waals surface area contributed by atoms with Crippen molar-refractivity contribution in [3.05, 3.63) is 59.2 Å². The van der Waals surface area contributed by atoms with Gasteiger partial charge in [-0.15, -0.1) is 0 Å². The number of phenolic OH excluding ortho intramolecular Hbond substituents is 2. The Balaban J connectivity index is 2.60. The van der Waals surface area contributed by atoms with Crippen molar-refractivity contribution in [1.82, 2.24) is 0 Å². The summed E-state index contributed by atoms with van der Waals surface area (Å²) in [6.45, 7) is 1.28. The zero-order valence-electron chi connectivity index (χ0n) is 10.3. The summed E-state index contributed by atoms with van der Waals surface area (Å²) in [7, 11) is 0. The summed E-state index contributed by atoms with van der Waals surface area (Å²) < 4.78 is 0. The second-order valence-corrected chi connectivity index (χ2v) is 4.11. The third kappa shape index (κ3) is 2.33. The van der Waals surface area contributed by atoms with Gasteiger partial charge in [-0.1, -0.05) is 30.3 Å². The molecule has 0 radical (unpaired) electrons. The van der Waals surface area contributed by atoms with Crippen molar-refractivity contribution in [1.29, 1.82) is 0 Å². The SMILES string of the molecule is CC(=O)c1ccc(O)c(C(=O)c2ccccc2)c1O. The smallest absolute Gasteiger partial charge is 0.200 e. The average Bonchev–Trinajstić information content (AvgIpc) is 2.39. The molecule has 2 N–H and O–H groups in total. The number of aromatic hydroxyl groups is 2. The maximum atomic E-state index is 12.2.